The zero-order chi connectivity index (χ0) is 12.4. The molecule has 2 atom stereocenters. The number of hydrogen-bond donors (Lipinski definition) is 1. The van der Waals surface area contributed by atoms with Crippen LogP contribution in [0.1, 0.15) is 30.9 Å². The van der Waals surface area contributed by atoms with Crippen molar-refractivity contribution in [2.24, 2.45) is 0 Å². The van der Waals surface area contributed by atoms with Gasteiger partial charge in [0.2, 0.25) is 0 Å². The minimum Gasteiger partial charge on any atom is -0.491 e. The molecule has 1 aromatic rings. The van der Waals surface area contributed by atoms with Crippen LogP contribution >= 0.6 is 0 Å². The standard InChI is InChI=1S/C15H22N2O/c1-17-9-4-5-12(8-10-17)16-14-11-18-15-7-3-2-6-13(14)15/h2-3,6-7,12,14,16H,4-5,8-11H2,1H3. The zero-order valence-corrected chi connectivity index (χ0v) is 11.1. The Morgan fingerprint density at radius 3 is 3.06 bits per heavy atom. The molecule has 3 heteroatoms. The number of benzene rings is 1. The van der Waals surface area contributed by atoms with Gasteiger partial charge < -0.3 is 15.0 Å². The summed E-state index contributed by atoms with van der Waals surface area (Å²) in [5, 5.41) is 3.78. The molecule has 2 aliphatic heterocycles. The van der Waals surface area contributed by atoms with Crippen LogP contribution in [0.25, 0.3) is 0 Å². The highest BCUT2D eigenvalue weighted by Crippen LogP contribution is 2.32. The summed E-state index contributed by atoms with van der Waals surface area (Å²) in [7, 11) is 2.22. The first-order valence-electron chi connectivity index (χ1n) is 6.99. The second-order valence-corrected chi connectivity index (χ2v) is 5.50. The molecular formula is C15H22N2O. The lowest BCUT2D eigenvalue weighted by Crippen LogP contribution is -2.34. The summed E-state index contributed by atoms with van der Waals surface area (Å²) in [4.78, 5) is 2.43. The number of ether oxygens (including phenoxy) is 1. The molecule has 2 aliphatic rings. The quantitative estimate of drug-likeness (QED) is 0.865. The normalized spacial score (nSPS) is 28.5. The van der Waals surface area contributed by atoms with E-state index in [0.717, 1.165) is 12.4 Å². The minimum atomic E-state index is 0.384. The maximum Gasteiger partial charge on any atom is 0.124 e. The van der Waals surface area contributed by atoms with Crippen molar-refractivity contribution < 1.29 is 4.74 Å². The summed E-state index contributed by atoms with van der Waals surface area (Å²) in [6.45, 7) is 3.22. The van der Waals surface area contributed by atoms with Crippen molar-refractivity contribution in [3.8, 4) is 5.75 Å². The van der Waals surface area contributed by atoms with E-state index in [1.807, 2.05) is 6.07 Å². The fourth-order valence-electron chi connectivity index (χ4n) is 2.99. The fraction of sp³-hybridized carbons (Fsp3) is 0.600. The van der Waals surface area contributed by atoms with Gasteiger partial charge in [-0.2, -0.15) is 0 Å². The zero-order valence-electron chi connectivity index (χ0n) is 11.1. The van der Waals surface area contributed by atoms with Gasteiger partial charge in [0.1, 0.15) is 12.4 Å². The summed E-state index contributed by atoms with van der Waals surface area (Å²) in [5.41, 5.74) is 1.33. The number of nitrogens with zero attached hydrogens (tertiary/aromatic N) is 1. The average molecular weight is 246 g/mol. The Morgan fingerprint density at radius 2 is 2.11 bits per heavy atom. The van der Waals surface area contributed by atoms with Crippen LogP contribution in [0.4, 0.5) is 0 Å². The Bertz CT molecular complexity index is 407. The van der Waals surface area contributed by atoms with Crippen LogP contribution in [-0.2, 0) is 0 Å². The lowest BCUT2D eigenvalue weighted by atomic mass is 10.0. The Hall–Kier alpha value is -1.06. The Kier molecular flexibility index (Phi) is 3.52. The van der Waals surface area contributed by atoms with E-state index < -0.39 is 0 Å². The molecule has 98 valence electrons. The Balaban J connectivity index is 1.64. The van der Waals surface area contributed by atoms with Gasteiger partial charge in [0.05, 0.1) is 6.04 Å². The molecule has 2 heterocycles. The highest BCUT2D eigenvalue weighted by Gasteiger charge is 2.26. The second-order valence-electron chi connectivity index (χ2n) is 5.50. The lowest BCUT2D eigenvalue weighted by Gasteiger charge is -2.21. The maximum atomic E-state index is 5.73. The molecule has 1 aromatic carbocycles. The average Bonchev–Trinajstić information content (AvgIpc) is 2.67. The molecule has 0 amide bonds. The minimum absolute atomic E-state index is 0.384. The maximum absolute atomic E-state index is 5.73. The van der Waals surface area contributed by atoms with Crippen molar-refractivity contribution in [1.82, 2.24) is 10.2 Å². The third-order valence-electron chi connectivity index (χ3n) is 4.09. The Labute approximate surface area is 109 Å². The summed E-state index contributed by atoms with van der Waals surface area (Å²) in [5.74, 6) is 1.06. The third-order valence-corrected chi connectivity index (χ3v) is 4.09. The lowest BCUT2D eigenvalue weighted by molar-refractivity contribution is 0.287. The van der Waals surface area contributed by atoms with E-state index in [9.17, 15) is 0 Å². The van der Waals surface area contributed by atoms with E-state index in [2.05, 4.69) is 35.5 Å². The van der Waals surface area contributed by atoms with Crippen molar-refractivity contribution in [1.29, 1.82) is 0 Å². The van der Waals surface area contributed by atoms with E-state index in [-0.39, 0.29) is 0 Å². The SMILES string of the molecule is CN1CCCC(NC2COc3ccccc32)CC1. The van der Waals surface area contributed by atoms with Crippen LogP contribution in [0.5, 0.6) is 5.75 Å². The monoisotopic (exact) mass is 246 g/mol. The van der Waals surface area contributed by atoms with Crippen molar-refractivity contribution in [3.63, 3.8) is 0 Å². The summed E-state index contributed by atoms with van der Waals surface area (Å²) in [6.07, 6.45) is 3.82. The van der Waals surface area contributed by atoms with Crippen molar-refractivity contribution in [3.05, 3.63) is 29.8 Å². The predicted molar refractivity (Wildman–Crippen MR) is 72.9 cm³/mol. The van der Waals surface area contributed by atoms with Crippen LogP contribution in [0.2, 0.25) is 0 Å². The first-order valence-corrected chi connectivity index (χ1v) is 6.99. The van der Waals surface area contributed by atoms with E-state index >= 15 is 0 Å². The number of nitrogens with one attached hydrogen (secondary N) is 1. The molecule has 0 aromatic heterocycles. The van der Waals surface area contributed by atoms with Crippen molar-refractivity contribution >= 4 is 0 Å². The highest BCUT2D eigenvalue weighted by atomic mass is 16.5. The van der Waals surface area contributed by atoms with E-state index in [4.69, 9.17) is 4.74 Å². The van der Waals surface area contributed by atoms with Crippen molar-refractivity contribution in [2.45, 2.75) is 31.3 Å². The smallest absolute Gasteiger partial charge is 0.124 e. The van der Waals surface area contributed by atoms with Crippen LogP contribution < -0.4 is 10.1 Å². The van der Waals surface area contributed by atoms with Gasteiger partial charge in [0, 0.05) is 11.6 Å². The van der Waals surface area contributed by atoms with Gasteiger partial charge in [0.15, 0.2) is 0 Å². The molecular weight excluding hydrogens is 224 g/mol. The fourth-order valence-corrected chi connectivity index (χ4v) is 2.99. The molecule has 3 rings (SSSR count). The van der Waals surface area contributed by atoms with Gasteiger partial charge in [-0.05, 0) is 45.5 Å². The van der Waals surface area contributed by atoms with Gasteiger partial charge in [-0.15, -0.1) is 0 Å². The largest absolute Gasteiger partial charge is 0.491 e. The van der Waals surface area contributed by atoms with Crippen molar-refractivity contribution in [2.75, 3.05) is 26.7 Å². The second kappa shape index (κ2) is 5.29. The number of para-hydroxylation sites is 1. The van der Waals surface area contributed by atoms with Crippen LogP contribution in [-0.4, -0.2) is 37.7 Å². The van der Waals surface area contributed by atoms with Crippen LogP contribution in [0.15, 0.2) is 24.3 Å². The van der Waals surface area contributed by atoms with Crippen LogP contribution in [0.3, 0.4) is 0 Å². The molecule has 1 N–H and O–H groups in total. The third kappa shape index (κ3) is 2.52. The number of fused-ring (bicyclic) bond motifs is 1. The molecule has 0 radical (unpaired) electrons. The summed E-state index contributed by atoms with van der Waals surface area (Å²) >= 11 is 0. The van der Waals surface area contributed by atoms with Gasteiger partial charge in [-0.25, -0.2) is 0 Å². The number of likely N-dealkylation sites (tertiary alicyclic amines) is 1. The van der Waals surface area contributed by atoms with Gasteiger partial charge in [0.25, 0.3) is 0 Å². The van der Waals surface area contributed by atoms with E-state index in [0.29, 0.717) is 12.1 Å². The topological polar surface area (TPSA) is 24.5 Å². The molecule has 0 bridgehead atoms. The van der Waals surface area contributed by atoms with Crippen LogP contribution in [0, 0.1) is 0 Å². The van der Waals surface area contributed by atoms with E-state index in [1.165, 1.54) is 37.9 Å². The molecule has 0 spiro atoms. The molecule has 2 unspecified atom stereocenters. The molecule has 0 aliphatic carbocycles. The highest BCUT2D eigenvalue weighted by molar-refractivity contribution is 5.39. The molecule has 18 heavy (non-hydrogen) atoms. The van der Waals surface area contributed by atoms with Gasteiger partial charge in [-0.3, -0.25) is 0 Å². The Morgan fingerprint density at radius 1 is 1.22 bits per heavy atom. The van der Waals surface area contributed by atoms with E-state index in [1.54, 1.807) is 0 Å². The molecule has 1 fully saturated rings. The number of hydrogen-bond acceptors (Lipinski definition) is 3. The summed E-state index contributed by atoms with van der Waals surface area (Å²) < 4.78 is 5.73. The van der Waals surface area contributed by atoms with Gasteiger partial charge >= 0.3 is 0 Å². The molecule has 3 nitrogen and oxygen atoms in total. The number of rotatable bonds is 2. The van der Waals surface area contributed by atoms with Gasteiger partial charge in [-0.1, -0.05) is 18.2 Å². The molecule has 0 saturated carbocycles. The summed E-state index contributed by atoms with van der Waals surface area (Å²) in [6, 6.07) is 9.41. The first kappa shape index (κ1) is 12.0. The molecule has 1 saturated heterocycles. The predicted octanol–water partition coefficient (Wildman–Crippen LogP) is 2.19. The first-order chi connectivity index (χ1) is 8.83.